The fourth-order valence-electron chi connectivity index (χ4n) is 1.28. The second kappa shape index (κ2) is 5.20. The standard InChI is InChI=1S/C10H13NO5/c1-3-15-8-5-7(12)6-9(16-4-2)10(8)11(13)14/h5-6,12H,3-4H2,1-2H3. The number of phenols is 1. The highest BCUT2D eigenvalue weighted by Gasteiger charge is 2.23. The van der Waals surface area contributed by atoms with E-state index in [0.717, 1.165) is 0 Å². The van der Waals surface area contributed by atoms with Crippen LogP contribution in [-0.2, 0) is 0 Å². The first-order valence-corrected chi connectivity index (χ1v) is 4.87. The second-order valence-electron chi connectivity index (χ2n) is 2.91. The molecule has 0 spiro atoms. The van der Waals surface area contributed by atoms with Gasteiger partial charge in [0.15, 0.2) is 0 Å². The van der Waals surface area contributed by atoms with Gasteiger partial charge in [0.25, 0.3) is 0 Å². The summed E-state index contributed by atoms with van der Waals surface area (Å²) in [6.07, 6.45) is 0. The van der Waals surface area contributed by atoms with Crippen LogP contribution < -0.4 is 9.47 Å². The van der Waals surface area contributed by atoms with Crippen LogP contribution in [0.4, 0.5) is 5.69 Å². The van der Waals surface area contributed by atoms with Gasteiger partial charge in [-0.05, 0) is 13.8 Å². The molecule has 0 aromatic heterocycles. The fourth-order valence-corrected chi connectivity index (χ4v) is 1.28. The Morgan fingerprint density at radius 3 is 2.00 bits per heavy atom. The topological polar surface area (TPSA) is 81.8 Å². The summed E-state index contributed by atoms with van der Waals surface area (Å²) in [5, 5.41) is 20.2. The van der Waals surface area contributed by atoms with Gasteiger partial charge in [-0.2, -0.15) is 0 Å². The van der Waals surface area contributed by atoms with E-state index in [1.165, 1.54) is 12.1 Å². The molecule has 0 bridgehead atoms. The minimum atomic E-state index is -0.588. The van der Waals surface area contributed by atoms with Crippen LogP contribution >= 0.6 is 0 Å². The van der Waals surface area contributed by atoms with Crippen molar-refractivity contribution in [2.45, 2.75) is 13.8 Å². The van der Waals surface area contributed by atoms with Gasteiger partial charge in [-0.1, -0.05) is 0 Å². The number of ether oxygens (including phenoxy) is 2. The molecule has 0 unspecified atom stereocenters. The van der Waals surface area contributed by atoms with E-state index in [9.17, 15) is 15.2 Å². The molecule has 1 rings (SSSR count). The number of nitro groups is 1. The summed E-state index contributed by atoms with van der Waals surface area (Å²) in [4.78, 5) is 10.3. The van der Waals surface area contributed by atoms with Crippen LogP contribution in [0, 0.1) is 10.1 Å². The Balaban J connectivity index is 3.29. The van der Waals surface area contributed by atoms with E-state index < -0.39 is 4.92 Å². The van der Waals surface area contributed by atoms with Crippen LogP contribution in [0.3, 0.4) is 0 Å². The average molecular weight is 227 g/mol. The van der Waals surface area contributed by atoms with Crippen LogP contribution in [0.1, 0.15) is 13.8 Å². The second-order valence-corrected chi connectivity index (χ2v) is 2.91. The van der Waals surface area contributed by atoms with Gasteiger partial charge in [0.1, 0.15) is 5.75 Å². The van der Waals surface area contributed by atoms with Crippen LogP contribution in [0.15, 0.2) is 12.1 Å². The summed E-state index contributed by atoms with van der Waals surface area (Å²) in [5.41, 5.74) is -0.262. The molecule has 0 aliphatic rings. The SMILES string of the molecule is CCOc1cc(O)cc(OCC)c1[N+](=O)[O-]. The van der Waals surface area contributed by atoms with Gasteiger partial charge in [-0.25, -0.2) is 0 Å². The van der Waals surface area contributed by atoms with Crippen LogP contribution in [0.5, 0.6) is 17.2 Å². The molecule has 88 valence electrons. The Kier molecular flexibility index (Phi) is 3.93. The molecule has 1 aromatic rings. The summed E-state index contributed by atoms with van der Waals surface area (Å²) in [5.74, 6) is -0.107. The fraction of sp³-hybridized carbons (Fsp3) is 0.400. The Bertz CT molecular complexity index is 364. The molecule has 0 amide bonds. The molecular weight excluding hydrogens is 214 g/mol. The summed E-state index contributed by atoms with van der Waals surface area (Å²) in [6, 6.07) is 2.40. The molecule has 6 nitrogen and oxygen atoms in total. The van der Waals surface area contributed by atoms with Crippen molar-refractivity contribution in [1.82, 2.24) is 0 Å². The Morgan fingerprint density at radius 1 is 1.25 bits per heavy atom. The molecule has 0 radical (unpaired) electrons. The van der Waals surface area contributed by atoms with Gasteiger partial charge in [0, 0.05) is 12.1 Å². The van der Waals surface area contributed by atoms with E-state index in [1.807, 2.05) is 0 Å². The number of hydrogen-bond acceptors (Lipinski definition) is 5. The molecule has 0 saturated heterocycles. The van der Waals surface area contributed by atoms with Crippen molar-refractivity contribution in [3.63, 3.8) is 0 Å². The van der Waals surface area contributed by atoms with Crippen LogP contribution in [0.2, 0.25) is 0 Å². The molecule has 0 atom stereocenters. The van der Waals surface area contributed by atoms with E-state index >= 15 is 0 Å². The highest BCUT2D eigenvalue weighted by Crippen LogP contribution is 2.40. The molecule has 0 heterocycles. The lowest BCUT2D eigenvalue weighted by molar-refractivity contribution is -0.386. The molecule has 0 saturated carbocycles. The maximum atomic E-state index is 10.9. The third-order valence-electron chi connectivity index (χ3n) is 1.81. The summed E-state index contributed by atoms with van der Waals surface area (Å²) in [6.45, 7) is 3.95. The molecule has 0 aliphatic carbocycles. The van der Waals surface area contributed by atoms with Gasteiger partial charge in [0.05, 0.1) is 18.1 Å². The zero-order chi connectivity index (χ0) is 12.1. The van der Waals surface area contributed by atoms with Gasteiger partial charge in [-0.3, -0.25) is 10.1 Å². The summed E-state index contributed by atoms with van der Waals surface area (Å²) < 4.78 is 10.2. The highest BCUT2D eigenvalue weighted by molar-refractivity contribution is 5.60. The first kappa shape index (κ1) is 12.1. The molecule has 6 heteroatoms. The van der Waals surface area contributed by atoms with Gasteiger partial charge >= 0.3 is 5.69 Å². The zero-order valence-electron chi connectivity index (χ0n) is 9.10. The van der Waals surface area contributed by atoms with E-state index in [0.29, 0.717) is 0 Å². The van der Waals surface area contributed by atoms with Crippen molar-refractivity contribution >= 4 is 5.69 Å². The average Bonchev–Trinajstić information content (AvgIpc) is 2.17. The normalized spacial score (nSPS) is 9.88. The molecule has 0 fully saturated rings. The third kappa shape index (κ3) is 2.53. The molecule has 0 aliphatic heterocycles. The monoisotopic (exact) mass is 227 g/mol. The predicted molar refractivity (Wildman–Crippen MR) is 57.1 cm³/mol. The molecule has 1 aromatic carbocycles. The van der Waals surface area contributed by atoms with Crippen LogP contribution in [0.25, 0.3) is 0 Å². The van der Waals surface area contributed by atoms with Crippen molar-refractivity contribution in [2.75, 3.05) is 13.2 Å². The smallest absolute Gasteiger partial charge is 0.352 e. The number of rotatable bonds is 5. The highest BCUT2D eigenvalue weighted by atomic mass is 16.6. The lowest BCUT2D eigenvalue weighted by Crippen LogP contribution is -2.01. The molecule has 1 N–H and O–H groups in total. The van der Waals surface area contributed by atoms with Crippen molar-refractivity contribution < 1.29 is 19.5 Å². The maximum absolute atomic E-state index is 10.9. The first-order valence-electron chi connectivity index (χ1n) is 4.87. The van der Waals surface area contributed by atoms with Crippen LogP contribution in [-0.4, -0.2) is 23.2 Å². The largest absolute Gasteiger partial charge is 0.508 e. The van der Waals surface area contributed by atoms with Crippen molar-refractivity contribution in [3.8, 4) is 17.2 Å². The predicted octanol–water partition coefficient (Wildman–Crippen LogP) is 2.10. The van der Waals surface area contributed by atoms with E-state index in [4.69, 9.17) is 9.47 Å². The van der Waals surface area contributed by atoms with Gasteiger partial charge in [0.2, 0.25) is 11.5 Å². The number of nitro benzene ring substituents is 1. The number of aromatic hydroxyl groups is 1. The van der Waals surface area contributed by atoms with E-state index in [1.54, 1.807) is 13.8 Å². The lowest BCUT2D eigenvalue weighted by Gasteiger charge is -2.09. The minimum absolute atomic E-state index is 0.0101. The number of benzene rings is 1. The van der Waals surface area contributed by atoms with E-state index in [2.05, 4.69) is 0 Å². The summed E-state index contributed by atoms with van der Waals surface area (Å²) >= 11 is 0. The van der Waals surface area contributed by atoms with Crippen molar-refractivity contribution in [3.05, 3.63) is 22.2 Å². The summed E-state index contributed by atoms with van der Waals surface area (Å²) in [7, 11) is 0. The first-order chi connectivity index (χ1) is 7.60. The van der Waals surface area contributed by atoms with E-state index in [-0.39, 0.29) is 36.1 Å². The third-order valence-corrected chi connectivity index (χ3v) is 1.81. The Hall–Kier alpha value is -1.98. The van der Waals surface area contributed by atoms with Crippen molar-refractivity contribution in [2.24, 2.45) is 0 Å². The van der Waals surface area contributed by atoms with Gasteiger partial charge in [-0.15, -0.1) is 0 Å². The zero-order valence-corrected chi connectivity index (χ0v) is 9.10. The number of hydrogen-bond donors (Lipinski definition) is 1. The Labute approximate surface area is 92.6 Å². The maximum Gasteiger partial charge on any atom is 0.352 e. The lowest BCUT2D eigenvalue weighted by atomic mass is 10.2. The molecular formula is C10H13NO5. The number of nitrogens with zero attached hydrogens (tertiary/aromatic N) is 1. The Morgan fingerprint density at radius 2 is 1.69 bits per heavy atom. The molecule has 16 heavy (non-hydrogen) atoms. The minimum Gasteiger partial charge on any atom is -0.508 e. The number of phenolic OH excluding ortho intramolecular Hbond substituents is 1. The van der Waals surface area contributed by atoms with Crippen molar-refractivity contribution in [1.29, 1.82) is 0 Å². The van der Waals surface area contributed by atoms with Gasteiger partial charge < -0.3 is 14.6 Å². The quantitative estimate of drug-likeness (QED) is 0.615.